The number of hydrogen-bond donors (Lipinski definition) is 0. The summed E-state index contributed by atoms with van der Waals surface area (Å²) >= 11 is 2.10. The molecule has 31 heavy (non-hydrogen) atoms. The minimum Gasteiger partial charge on any atom is -0.344 e. The highest BCUT2D eigenvalue weighted by Crippen LogP contribution is 2.43. The van der Waals surface area contributed by atoms with E-state index in [9.17, 15) is 8.78 Å². The summed E-state index contributed by atoms with van der Waals surface area (Å²) in [6.07, 6.45) is 3.27. The maximum Gasteiger partial charge on any atom is 0.210 e. The Balaban J connectivity index is 1.45. The lowest BCUT2D eigenvalue weighted by Gasteiger charge is -2.36. The Kier molecular flexibility index (Phi) is 5.85. The molecular formula is C24H21F4IO2. The van der Waals surface area contributed by atoms with Gasteiger partial charge in [0.1, 0.15) is 0 Å². The maximum atomic E-state index is 15.2. The van der Waals surface area contributed by atoms with Crippen molar-refractivity contribution >= 4 is 44.1 Å². The molecule has 3 aromatic rings. The summed E-state index contributed by atoms with van der Waals surface area (Å²) in [7, 11) is 0. The third-order valence-electron chi connectivity index (χ3n) is 6.85. The number of halogens is 5. The van der Waals surface area contributed by atoms with Crippen LogP contribution in [-0.4, -0.2) is 17.5 Å². The largest absolute Gasteiger partial charge is 0.344 e. The number of benzene rings is 3. The summed E-state index contributed by atoms with van der Waals surface area (Å²) in [6.45, 7) is 1.33. The van der Waals surface area contributed by atoms with E-state index in [1.54, 1.807) is 18.2 Å². The third-order valence-corrected chi connectivity index (χ3v) is 7.57. The van der Waals surface area contributed by atoms with Crippen LogP contribution in [0.2, 0.25) is 0 Å². The standard InChI is InChI=1S/C24H21F4IO2/c25-18-8-7-14-5-6-15-9-17(21(26)23(28)20(15)19(14)22(18)27)13-3-1-12(2-4-13)16-10-30-24(29)31-11-16/h5-9,12-13,16,24H,1-4,10-11H2. The predicted octanol–water partition coefficient (Wildman–Crippen LogP) is 7.20. The van der Waals surface area contributed by atoms with Crippen LogP contribution in [0, 0.1) is 35.1 Å². The van der Waals surface area contributed by atoms with Gasteiger partial charge < -0.3 is 9.47 Å². The molecule has 0 bridgehead atoms. The zero-order chi connectivity index (χ0) is 21.7. The van der Waals surface area contributed by atoms with Crippen molar-refractivity contribution in [1.82, 2.24) is 0 Å². The fourth-order valence-corrected chi connectivity index (χ4v) is 5.57. The second-order valence-corrected chi connectivity index (χ2v) is 9.55. The van der Waals surface area contributed by atoms with E-state index in [4.69, 9.17) is 9.47 Å². The molecule has 164 valence electrons. The van der Waals surface area contributed by atoms with E-state index in [2.05, 4.69) is 22.6 Å². The topological polar surface area (TPSA) is 18.5 Å². The molecule has 0 aromatic heterocycles. The average molecular weight is 544 g/mol. The molecule has 0 spiro atoms. The summed E-state index contributed by atoms with van der Waals surface area (Å²) in [5, 5.41) is 0.308. The molecule has 1 heterocycles. The molecule has 1 saturated carbocycles. The fourth-order valence-electron chi connectivity index (χ4n) is 5.16. The average Bonchev–Trinajstić information content (AvgIpc) is 2.79. The van der Waals surface area contributed by atoms with Crippen LogP contribution in [0.1, 0.15) is 37.2 Å². The molecule has 0 radical (unpaired) electrons. The van der Waals surface area contributed by atoms with Gasteiger partial charge in [-0.25, -0.2) is 17.6 Å². The summed E-state index contributed by atoms with van der Waals surface area (Å²) in [5.41, 5.74) is 0.322. The normalized spacial score (nSPS) is 27.1. The molecule has 2 nitrogen and oxygen atoms in total. The van der Waals surface area contributed by atoms with Gasteiger partial charge in [-0.1, -0.05) is 18.2 Å². The fraction of sp³-hybridized carbons (Fsp3) is 0.417. The first-order chi connectivity index (χ1) is 14.9. The zero-order valence-electron chi connectivity index (χ0n) is 16.6. The first-order valence-electron chi connectivity index (χ1n) is 10.5. The van der Waals surface area contributed by atoms with Gasteiger partial charge in [-0.15, -0.1) is 0 Å². The van der Waals surface area contributed by atoms with Crippen LogP contribution in [0.25, 0.3) is 21.5 Å². The SMILES string of the molecule is Fc1ccc2ccc3cc(C4CCC(C5COC(I)OC5)CC4)c(F)c(F)c3c2c1F. The van der Waals surface area contributed by atoms with E-state index < -0.39 is 23.3 Å². The van der Waals surface area contributed by atoms with Crippen molar-refractivity contribution in [2.24, 2.45) is 11.8 Å². The molecule has 0 atom stereocenters. The van der Waals surface area contributed by atoms with Crippen molar-refractivity contribution in [2.45, 2.75) is 35.9 Å². The molecule has 5 rings (SSSR count). The number of rotatable bonds is 2. The Bertz CT molecular complexity index is 1140. The Morgan fingerprint density at radius 2 is 1.32 bits per heavy atom. The van der Waals surface area contributed by atoms with Crippen molar-refractivity contribution in [3.05, 3.63) is 59.2 Å². The lowest BCUT2D eigenvalue weighted by atomic mass is 9.73. The van der Waals surface area contributed by atoms with E-state index >= 15 is 8.78 Å². The molecule has 2 fully saturated rings. The van der Waals surface area contributed by atoms with E-state index in [1.165, 1.54) is 6.07 Å². The van der Waals surface area contributed by atoms with E-state index in [1.807, 2.05) is 0 Å². The van der Waals surface area contributed by atoms with Gasteiger partial charge in [0.2, 0.25) is 4.30 Å². The summed E-state index contributed by atoms with van der Waals surface area (Å²) in [6, 6.07) is 7.23. The van der Waals surface area contributed by atoms with Gasteiger partial charge in [0.05, 0.1) is 13.2 Å². The van der Waals surface area contributed by atoms with Crippen molar-refractivity contribution in [1.29, 1.82) is 0 Å². The van der Waals surface area contributed by atoms with Crippen molar-refractivity contribution < 1.29 is 27.0 Å². The van der Waals surface area contributed by atoms with Gasteiger partial charge in [-0.3, -0.25) is 0 Å². The van der Waals surface area contributed by atoms with E-state index in [0.717, 1.165) is 31.7 Å². The van der Waals surface area contributed by atoms with Gasteiger partial charge in [0, 0.05) is 16.7 Å². The molecule has 0 unspecified atom stereocenters. The summed E-state index contributed by atoms with van der Waals surface area (Å²) in [5.74, 6) is -3.63. The van der Waals surface area contributed by atoms with Crippen LogP contribution in [0.5, 0.6) is 0 Å². The van der Waals surface area contributed by atoms with Crippen LogP contribution in [0.4, 0.5) is 17.6 Å². The number of ether oxygens (including phenoxy) is 2. The first kappa shape index (κ1) is 21.4. The van der Waals surface area contributed by atoms with Crippen molar-refractivity contribution in [3.63, 3.8) is 0 Å². The van der Waals surface area contributed by atoms with E-state index in [0.29, 0.717) is 41.4 Å². The highest BCUT2D eigenvalue weighted by molar-refractivity contribution is 14.1. The zero-order valence-corrected chi connectivity index (χ0v) is 18.8. The Labute approximate surface area is 191 Å². The van der Waals surface area contributed by atoms with Gasteiger partial charge in [0.25, 0.3) is 0 Å². The van der Waals surface area contributed by atoms with Gasteiger partial charge in [-0.2, -0.15) is 0 Å². The maximum absolute atomic E-state index is 15.2. The second-order valence-electron chi connectivity index (χ2n) is 8.53. The number of alkyl halides is 1. The first-order valence-corrected chi connectivity index (χ1v) is 11.7. The Hall–Kier alpha value is -1.45. The Morgan fingerprint density at radius 1 is 0.710 bits per heavy atom. The van der Waals surface area contributed by atoms with Crippen LogP contribution in [0.3, 0.4) is 0 Å². The molecule has 1 aliphatic heterocycles. The van der Waals surface area contributed by atoms with Gasteiger partial charge >= 0.3 is 0 Å². The van der Waals surface area contributed by atoms with Crippen molar-refractivity contribution in [3.8, 4) is 0 Å². The predicted molar refractivity (Wildman–Crippen MR) is 119 cm³/mol. The van der Waals surface area contributed by atoms with Gasteiger partial charge in [0.15, 0.2) is 23.3 Å². The summed E-state index contributed by atoms with van der Waals surface area (Å²) in [4.78, 5) is 0. The highest BCUT2D eigenvalue weighted by Gasteiger charge is 2.33. The minimum absolute atomic E-state index is 0.106. The molecule has 0 N–H and O–H groups in total. The van der Waals surface area contributed by atoms with Crippen LogP contribution in [0.15, 0.2) is 30.3 Å². The monoisotopic (exact) mass is 544 g/mol. The molecule has 3 aromatic carbocycles. The molecule has 1 saturated heterocycles. The van der Waals surface area contributed by atoms with Gasteiger partial charge in [-0.05, 0) is 88.6 Å². The second kappa shape index (κ2) is 8.48. The molecule has 1 aliphatic carbocycles. The number of fused-ring (bicyclic) bond motifs is 3. The molecule has 7 heteroatoms. The third kappa shape index (κ3) is 3.82. The number of hydrogen-bond acceptors (Lipinski definition) is 2. The van der Waals surface area contributed by atoms with Crippen LogP contribution >= 0.6 is 22.6 Å². The smallest absolute Gasteiger partial charge is 0.210 e. The minimum atomic E-state index is -1.15. The highest BCUT2D eigenvalue weighted by atomic mass is 127. The molecule has 0 amide bonds. The van der Waals surface area contributed by atoms with Crippen LogP contribution in [-0.2, 0) is 9.47 Å². The van der Waals surface area contributed by atoms with Crippen LogP contribution < -0.4 is 0 Å². The summed E-state index contributed by atoms with van der Waals surface area (Å²) < 4.78 is 69.5. The lowest BCUT2D eigenvalue weighted by molar-refractivity contribution is -0.152. The molecular weight excluding hydrogens is 523 g/mol. The quantitative estimate of drug-likeness (QED) is 0.147. The lowest BCUT2D eigenvalue weighted by Crippen LogP contribution is -2.35. The Morgan fingerprint density at radius 3 is 2.03 bits per heavy atom. The molecule has 2 aliphatic rings. The van der Waals surface area contributed by atoms with Crippen molar-refractivity contribution in [2.75, 3.05) is 13.2 Å². The van der Waals surface area contributed by atoms with E-state index in [-0.39, 0.29) is 21.0 Å².